The van der Waals surface area contributed by atoms with E-state index in [1.54, 1.807) is 11.1 Å². The van der Waals surface area contributed by atoms with Gasteiger partial charge in [0.1, 0.15) is 22.5 Å². The van der Waals surface area contributed by atoms with Gasteiger partial charge >= 0.3 is 0 Å². The molecule has 0 N–H and O–H groups in total. The smallest absolute Gasteiger partial charge is 0.119 e. The van der Waals surface area contributed by atoms with E-state index in [4.69, 9.17) is 18.2 Å². The van der Waals surface area contributed by atoms with E-state index in [0.717, 1.165) is 87.4 Å². The van der Waals surface area contributed by atoms with Gasteiger partial charge in [0.2, 0.25) is 0 Å². The number of rotatable bonds is 36. The molecule has 0 fully saturated rings. The summed E-state index contributed by atoms with van der Waals surface area (Å²) in [5.74, 6) is 1.94. The van der Waals surface area contributed by atoms with Gasteiger partial charge in [-0.25, -0.2) is 0 Å². The van der Waals surface area contributed by atoms with E-state index in [9.17, 15) is 0 Å². The topological polar surface area (TPSA) is 54.1 Å². The Morgan fingerprint density at radius 3 is 1.17 bits per heavy atom. The number of unbranched alkanes of at least 4 members (excludes halogenated alkanes) is 22. The van der Waals surface area contributed by atoms with Gasteiger partial charge in [0.25, 0.3) is 0 Å². The number of ether oxygens (including phenoxy) is 2. The van der Waals surface area contributed by atoms with Gasteiger partial charge in [0, 0.05) is 23.9 Å². The average molecular weight is 1100 g/mol. The first-order valence-corrected chi connectivity index (χ1v) is 33.7. The zero-order valence-electron chi connectivity index (χ0n) is 45.2. The van der Waals surface area contributed by atoms with E-state index >= 15 is 0 Å². The van der Waals surface area contributed by atoms with Gasteiger partial charge in [-0.3, -0.25) is 0 Å². The minimum atomic E-state index is 0.765. The lowest BCUT2D eigenvalue weighted by Crippen LogP contribution is -2.03. The summed E-state index contributed by atoms with van der Waals surface area (Å²) in [6, 6.07) is 20.6. The van der Waals surface area contributed by atoms with Crippen LogP contribution in [0.15, 0.2) is 71.4 Å². The number of thiophene rings is 4. The van der Waals surface area contributed by atoms with Gasteiger partial charge in [-0.1, -0.05) is 179 Å². The second kappa shape index (κ2) is 28.1. The highest BCUT2D eigenvalue weighted by Crippen LogP contribution is 2.53. The third-order valence-electron chi connectivity index (χ3n) is 15.8. The van der Waals surface area contributed by atoms with Crippen LogP contribution in [0.4, 0.5) is 0 Å². The predicted octanol–water partition coefficient (Wildman–Crippen LogP) is 21.9. The first-order chi connectivity index (χ1) is 37.2. The molecule has 11 heteroatoms. The van der Waals surface area contributed by atoms with Crippen LogP contribution in [0.25, 0.3) is 72.1 Å². The van der Waals surface area contributed by atoms with Crippen LogP contribution in [-0.4, -0.2) is 31.1 Å². The first-order valence-electron chi connectivity index (χ1n) is 29.5. The molecule has 7 heterocycles. The van der Waals surface area contributed by atoms with E-state index < -0.39 is 0 Å². The van der Waals surface area contributed by atoms with Gasteiger partial charge in [-0.2, -0.15) is 8.75 Å². The van der Waals surface area contributed by atoms with Crippen LogP contribution in [0.2, 0.25) is 0 Å². The summed E-state index contributed by atoms with van der Waals surface area (Å²) in [6.07, 6.45) is 36.0. The molecular formula is C64H82N4O2S5. The maximum atomic E-state index is 6.13. The van der Waals surface area contributed by atoms with E-state index in [1.165, 1.54) is 214 Å². The lowest BCUT2D eigenvalue weighted by molar-refractivity contribution is 0.304. The summed E-state index contributed by atoms with van der Waals surface area (Å²) in [7, 11) is 0. The van der Waals surface area contributed by atoms with Crippen molar-refractivity contribution in [3.63, 3.8) is 0 Å². The number of hydrogen-bond donors (Lipinski definition) is 0. The Labute approximate surface area is 467 Å². The molecule has 0 spiro atoms. The molecule has 0 aliphatic rings. The van der Waals surface area contributed by atoms with Crippen molar-refractivity contribution in [2.75, 3.05) is 13.2 Å². The van der Waals surface area contributed by atoms with Gasteiger partial charge in [0.15, 0.2) is 0 Å². The summed E-state index contributed by atoms with van der Waals surface area (Å²) < 4.78 is 37.3. The molecule has 0 aliphatic carbocycles. The van der Waals surface area contributed by atoms with Crippen LogP contribution in [0.1, 0.15) is 192 Å². The van der Waals surface area contributed by atoms with Crippen molar-refractivity contribution in [1.82, 2.24) is 17.9 Å². The highest BCUT2D eigenvalue weighted by Gasteiger charge is 2.30. The quantitative estimate of drug-likeness (QED) is 0.0367. The third kappa shape index (κ3) is 13.0. The van der Waals surface area contributed by atoms with Crippen LogP contribution in [0, 0.1) is 0 Å². The summed E-state index contributed by atoms with van der Waals surface area (Å²) in [5, 5.41) is 7.72. The molecule has 3 aromatic carbocycles. The molecular weight excluding hydrogens is 1020 g/mol. The fraction of sp³-hybridized carbons (Fsp3) is 0.531. The minimum absolute atomic E-state index is 0.765. The van der Waals surface area contributed by atoms with Gasteiger partial charge in [-0.15, -0.1) is 45.3 Å². The fourth-order valence-corrected chi connectivity index (χ4v) is 17.8. The number of para-hydroxylation sites is 2. The summed E-state index contributed by atoms with van der Waals surface area (Å²) in [5.41, 5.74) is 11.0. The van der Waals surface area contributed by atoms with Crippen molar-refractivity contribution in [3.05, 3.63) is 82.6 Å². The highest BCUT2D eigenvalue weighted by molar-refractivity contribution is 7.34. The number of benzene rings is 3. The van der Waals surface area contributed by atoms with Crippen molar-refractivity contribution in [3.8, 4) is 11.5 Å². The molecule has 400 valence electrons. The normalized spacial score (nSPS) is 12.2. The third-order valence-corrected chi connectivity index (χ3v) is 21.2. The second-order valence-corrected chi connectivity index (χ2v) is 25.7. The maximum absolute atomic E-state index is 6.13. The molecule has 0 aliphatic heterocycles. The number of nitrogens with zero attached hydrogens (tertiary/aromatic N) is 4. The van der Waals surface area contributed by atoms with Crippen LogP contribution in [0.5, 0.6) is 11.5 Å². The summed E-state index contributed by atoms with van der Waals surface area (Å²) >= 11 is 9.53. The Balaban J connectivity index is 0.982. The van der Waals surface area contributed by atoms with Crippen LogP contribution in [-0.2, 0) is 25.9 Å². The molecule has 0 unspecified atom stereocenters. The van der Waals surface area contributed by atoms with Crippen molar-refractivity contribution in [2.24, 2.45) is 0 Å². The fourth-order valence-electron chi connectivity index (χ4n) is 11.7. The number of aryl methyl sites for hydroxylation is 4. The van der Waals surface area contributed by atoms with E-state index in [0.29, 0.717) is 0 Å². The zero-order chi connectivity index (χ0) is 51.0. The second-order valence-electron chi connectivity index (χ2n) is 21.4. The molecule has 10 rings (SSSR count). The minimum Gasteiger partial charge on any atom is -0.494 e. The van der Waals surface area contributed by atoms with E-state index in [2.05, 4.69) is 117 Å². The monoisotopic (exact) mass is 1100 g/mol. The van der Waals surface area contributed by atoms with Crippen molar-refractivity contribution in [1.29, 1.82) is 0 Å². The molecule has 75 heavy (non-hydrogen) atoms. The Morgan fingerprint density at radius 2 is 0.760 bits per heavy atom. The first kappa shape index (κ1) is 54.4. The van der Waals surface area contributed by atoms with Crippen LogP contribution >= 0.6 is 57.1 Å². The van der Waals surface area contributed by atoms with Crippen molar-refractivity contribution in [2.45, 2.75) is 207 Å². The number of aromatic nitrogens is 4. The highest BCUT2D eigenvalue weighted by atomic mass is 32.1. The lowest BCUT2D eigenvalue weighted by atomic mass is 10.1. The molecule has 7 aromatic heterocycles. The molecule has 0 saturated carbocycles. The molecule has 0 atom stereocenters. The SMILES string of the molecule is CCCCCCCCCCCc1csc2c1sc1c3c4nsnc4c4c5sc6c(CCCCCCCCCCC)csc6c5n(CCCCCCOc5ccccc5)c4c3n(CCCCCCOc3ccccc3)c21. The number of hydrogen-bond acceptors (Lipinski definition) is 9. The van der Waals surface area contributed by atoms with Crippen LogP contribution in [0.3, 0.4) is 0 Å². The van der Waals surface area contributed by atoms with Crippen molar-refractivity contribution >= 4 is 129 Å². The molecule has 0 saturated heterocycles. The standard InChI is InChI=1S/C64H82N4O2S5/c1-3-5-7-9-11-13-15-17-25-35-47-45-71-63-57-61(73-59(47)63)51-53-54(66-75-65-53)52-56(55(51)67(57)41-31-19-21-33-43-69-49-37-27-23-28-38-49)68(42-32-20-22-34-44-70-50-39-29-24-30-40-50)58-62(52)74-60-48(46-72-64(58)60)36-26-18-16-14-12-10-8-6-4-2/h23-24,27-30,37-40,45-46H,3-22,25-26,31-36,41-44H2,1-2H3. The van der Waals surface area contributed by atoms with Gasteiger partial charge < -0.3 is 18.6 Å². The predicted molar refractivity (Wildman–Crippen MR) is 333 cm³/mol. The Hall–Kier alpha value is -4.00. The van der Waals surface area contributed by atoms with Gasteiger partial charge in [0.05, 0.1) is 75.2 Å². The molecule has 0 amide bonds. The Kier molecular flexibility index (Phi) is 20.3. The maximum Gasteiger partial charge on any atom is 0.119 e. The van der Waals surface area contributed by atoms with E-state index in [-0.39, 0.29) is 0 Å². The molecule has 6 nitrogen and oxygen atoms in total. The van der Waals surface area contributed by atoms with E-state index in [1.807, 2.05) is 22.7 Å². The summed E-state index contributed by atoms with van der Waals surface area (Å²) in [4.78, 5) is 0. The lowest BCUT2D eigenvalue weighted by Gasteiger charge is -2.13. The number of fused-ring (bicyclic) bond motifs is 14. The van der Waals surface area contributed by atoms with Crippen molar-refractivity contribution < 1.29 is 9.47 Å². The molecule has 10 aromatic rings. The van der Waals surface area contributed by atoms with Crippen LogP contribution < -0.4 is 9.47 Å². The average Bonchev–Trinajstić information content (AvgIpc) is 4.32. The molecule has 0 radical (unpaired) electrons. The van der Waals surface area contributed by atoms with Gasteiger partial charge in [-0.05, 0) is 97.5 Å². The molecule has 0 bridgehead atoms. The summed E-state index contributed by atoms with van der Waals surface area (Å²) in [6.45, 7) is 8.14. The largest absolute Gasteiger partial charge is 0.494 e. The Bertz CT molecular complexity index is 3080. The Morgan fingerprint density at radius 1 is 0.387 bits per heavy atom. The zero-order valence-corrected chi connectivity index (χ0v) is 49.3.